The first kappa shape index (κ1) is 31.1. The minimum absolute atomic E-state index is 0.112. The number of hydrogen-bond donors (Lipinski definition) is 1. The Morgan fingerprint density at radius 3 is 2.22 bits per heavy atom. The van der Waals surface area contributed by atoms with Crippen LogP contribution in [0.4, 0.5) is 0 Å². The van der Waals surface area contributed by atoms with Gasteiger partial charge in [-0.2, -0.15) is 0 Å². The van der Waals surface area contributed by atoms with Gasteiger partial charge in [0.1, 0.15) is 18.6 Å². The summed E-state index contributed by atoms with van der Waals surface area (Å²) in [5.41, 5.74) is 2.84. The average Bonchev–Trinajstić information content (AvgIpc) is 3.00. The van der Waals surface area contributed by atoms with Crippen LogP contribution in [-0.2, 0) is 21.8 Å². The van der Waals surface area contributed by atoms with E-state index in [0.717, 1.165) is 48.5 Å². The van der Waals surface area contributed by atoms with E-state index in [1.54, 1.807) is 20.3 Å². The molecule has 3 aromatic rings. The lowest BCUT2D eigenvalue weighted by molar-refractivity contribution is -0.0261. The van der Waals surface area contributed by atoms with E-state index in [-0.39, 0.29) is 12.5 Å². The number of aliphatic hydroxyl groups is 1. The van der Waals surface area contributed by atoms with Gasteiger partial charge in [0.05, 0.1) is 48.8 Å². The maximum Gasteiger partial charge on any atom is 0.122 e. The molecule has 1 saturated heterocycles. The Balaban J connectivity index is 1.45. The average molecular weight is 602 g/mol. The zero-order valence-electron chi connectivity index (χ0n) is 23.8. The van der Waals surface area contributed by atoms with Crippen molar-refractivity contribution >= 4 is 28.9 Å². The summed E-state index contributed by atoms with van der Waals surface area (Å²) in [4.78, 5) is 7.65. The third-order valence-corrected chi connectivity index (χ3v) is 8.35. The fourth-order valence-electron chi connectivity index (χ4n) is 5.28. The predicted molar refractivity (Wildman–Crippen MR) is 163 cm³/mol. The van der Waals surface area contributed by atoms with E-state index in [9.17, 15) is 5.11 Å². The van der Waals surface area contributed by atoms with Crippen molar-refractivity contribution in [3.8, 4) is 11.5 Å². The molecule has 4 rings (SSSR count). The zero-order valence-corrected chi connectivity index (χ0v) is 25.3. The third kappa shape index (κ3) is 8.37. The standard InChI is InChI=1S/C32H38Cl2N2O5/c1-38-26-17-23(18-27(20-26)39-2)21-41-22-31(35-40-3)28(24-9-10-29(33)30(34)19-24)11-14-36-15-12-32(37,13-16-36)25-7-5-4-6-8-25/h4-10,17-20,28,37H,11-16,21-22H2,1-3H3/b35-31+. The highest BCUT2D eigenvalue weighted by atomic mass is 35.5. The number of piperidine rings is 1. The van der Waals surface area contributed by atoms with Crippen LogP contribution in [0, 0.1) is 0 Å². The lowest BCUT2D eigenvalue weighted by atomic mass is 9.84. The van der Waals surface area contributed by atoms with E-state index >= 15 is 0 Å². The molecule has 0 aliphatic carbocycles. The molecular formula is C32H38Cl2N2O5. The van der Waals surface area contributed by atoms with Crippen LogP contribution in [0.15, 0.2) is 71.9 Å². The molecule has 0 amide bonds. The van der Waals surface area contributed by atoms with E-state index in [4.69, 9.17) is 42.3 Å². The third-order valence-electron chi connectivity index (χ3n) is 7.62. The molecule has 41 heavy (non-hydrogen) atoms. The predicted octanol–water partition coefficient (Wildman–Crippen LogP) is 6.69. The van der Waals surface area contributed by atoms with Gasteiger partial charge in [-0.3, -0.25) is 0 Å². The summed E-state index contributed by atoms with van der Waals surface area (Å²) in [6, 6.07) is 21.3. The molecule has 1 N–H and O–H groups in total. The maximum absolute atomic E-state index is 11.3. The van der Waals surface area contributed by atoms with Crippen LogP contribution >= 0.6 is 23.2 Å². The summed E-state index contributed by atoms with van der Waals surface area (Å²) >= 11 is 12.7. The highest BCUT2D eigenvalue weighted by Crippen LogP contribution is 2.34. The topological polar surface area (TPSA) is 72.8 Å². The Morgan fingerprint density at radius 2 is 1.61 bits per heavy atom. The number of likely N-dealkylation sites (tertiary alicyclic amines) is 1. The SMILES string of the molecule is CO/N=C(\COCc1cc(OC)cc(OC)c1)C(CCN1CCC(O)(c2ccccc2)CC1)c1ccc(Cl)c(Cl)c1. The molecule has 3 aromatic carbocycles. The van der Waals surface area contributed by atoms with Crippen LogP contribution < -0.4 is 9.47 Å². The number of ether oxygens (including phenoxy) is 3. The highest BCUT2D eigenvalue weighted by molar-refractivity contribution is 6.42. The molecule has 1 aliphatic heterocycles. The molecule has 1 fully saturated rings. The maximum atomic E-state index is 11.3. The molecule has 0 saturated carbocycles. The van der Waals surface area contributed by atoms with Crippen LogP contribution in [-0.4, -0.2) is 63.3 Å². The second-order valence-electron chi connectivity index (χ2n) is 10.2. The summed E-state index contributed by atoms with van der Waals surface area (Å²) in [6.07, 6.45) is 2.13. The van der Waals surface area contributed by atoms with Gasteiger partial charge in [-0.1, -0.05) is 64.8 Å². The number of nitrogens with zero attached hydrogens (tertiary/aromatic N) is 2. The van der Waals surface area contributed by atoms with Gasteiger partial charge in [0.15, 0.2) is 0 Å². The van der Waals surface area contributed by atoms with Gasteiger partial charge < -0.3 is 29.1 Å². The zero-order chi connectivity index (χ0) is 29.2. The first-order chi connectivity index (χ1) is 19.8. The lowest BCUT2D eigenvalue weighted by Gasteiger charge is -2.39. The van der Waals surface area contributed by atoms with Crippen molar-refractivity contribution < 1.29 is 24.2 Å². The molecule has 0 aromatic heterocycles. The van der Waals surface area contributed by atoms with Gasteiger partial charge in [-0.05, 0) is 66.8 Å². The van der Waals surface area contributed by atoms with Crippen molar-refractivity contribution in [2.45, 2.75) is 37.4 Å². The monoisotopic (exact) mass is 600 g/mol. The lowest BCUT2D eigenvalue weighted by Crippen LogP contribution is -2.43. The molecule has 0 spiro atoms. The highest BCUT2D eigenvalue weighted by Gasteiger charge is 2.34. The van der Waals surface area contributed by atoms with Gasteiger partial charge in [0.2, 0.25) is 0 Å². The van der Waals surface area contributed by atoms with Crippen LogP contribution in [0.2, 0.25) is 10.0 Å². The number of oxime groups is 1. The second-order valence-corrected chi connectivity index (χ2v) is 11.0. The Labute approximate surface area is 252 Å². The fraction of sp³-hybridized carbons (Fsp3) is 0.406. The smallest absolute Gasteiger partial charge is 0.122 e. The Bertz CT molecular complexity index is 1270. The summed E-state index contributed by atoms with van der Waals surface area (Å²) in [5.74, 6) is 1.28. The molecular weight excluding hydrogens is 563 g/mol. The fourth-order valence-corrected chi connectivity index (χ4v) is 5.59. The first-order valence-corrected chi connectivity index (χ1v) is 14.5. The van der Waals surface area contributed by atoms with Gasteiger partial charge in [-0.15, -0.1) is 0 Å². The van der Waals surface area contributed by atoms with Crippen molar-refractivity contribution in [1.29, 1.82) is 0 Å². The normalized spacial score (nSPS) is 16.3. The van der Waals surface area contributed by atoms with Crippen molar-refractivity contribution in [3.63, 3.8) is 0 Å². The van der Waals surface area contributed by atoms with Crippen LogP contribution in [0.5, 0.6) is 11.5 Å². The van der Waals surface area contributed by atoms with Gasteiger partial charge in [0, 0.05) is 25.1 Å². The van der Waals surface area contributed by atoms with Crippen molar-refractivity contribution in [2.75, 3.05) is 47.6 Å². The van der Waals surface area contributed by atoms with Crippen LogP contribution in [0.3, 0.4) is 0 Å². The van der Waals surface area contributed by atoms with Crippen molar-refractivity contribution in [3.05, 3.63) is 93.5 Å². The minimum atomic E-state index is -0.791. The number of halogens is 2. The van der Waals surface area contributed by atoms with E-state index in [1.807, 2.05) is 60.7 Å². The molecule has 1 aliphatic rings. The summed E-state index contributed by atoms with van der Waals surface area (Å²) < 4.78 is 16.9. The molecule has 1 unspecified atom stereocenters. The Kier molecular flexibility index (Phi) is 11.3. The van der Waals surface area contributed by atoms with Crippen LogP contribution in [0.1, 0.15) is 41.9 Å². The second kappa shape index (κ2) is 14.9. The number of hydrogen-bond acceptors (Lipinski definition) is 7. The number of benzene rings is 3. The minimum Gasteiger partial charge on any atom is -0.497 e. The summed E-state index contributed by atoms with van der Waals surface area (Å²) in [6.45, 7) is 3.00. The number of methoxy groups -OCH3 is 2. The molecule has 220 valence electrons. The van der Waals surface area contributed by atoms with Crippen molar-refractivity contribution in [2.24, 2.45) is 5.16 Å². The van der Waals surface area contributed by atoms with E-state index in [2.05, 4.69) is 10.1 Å². The van der Waals surface area contributed by atoms with Crippen molar-refractivity contribution in [1.82, 2.24) is 4.90 Å². The molecule has 1 heterocycles. The van der Waals surface area contributed by atoms with Gasteiger partial charge >= 0.3 is 0 Å². The Morgan fingerprint density at radius 1 is 0.927 bits per heavy atom. The molecule has 1 atom stereocenters. The quantitative estimate of drug-likeness (QED) is 0.174. The van der Waals surface area contributed by atoms with E-state index in [0.29, 0.717) is 41.0 Å². The largest absolute Gasteiger partial charge is 0.497 e. The van der Waals surface area contributed by atoms with Gasteiger partial charge in [-0.25, -0.2) is 0 Å². The van der Waals surface area contributed by atoms with E-state index < -0.39 is 5.60 Å². The Hall–Kier alpha value is -2.81. The molecule has 0 radical (unpaired) electrons. The molecule has 0 bridgehead atoms. The van der Waals surface area contributed by atoms with Gasteiger partial charge in [0.25, 0.3) is 0 Å². The summed E-state index contributed by atoms with van der Waals surface area (Å²) in [7, 11) is 4.78. The van der Waals surface area contributed by atoms with Crippen LogP contribution in [0.25, 0.3) is 0 Å². The van der Waals surface area contributed by atoms with E-state index in [1.165, 1.54) is 7.11 Å². The molecule has 7 nitrogen and oxygen atoms in total. The first-order valence-electron chi connectivity index (χ1n) is 13.7. The molecule has 9 heteroatoms. The number of rotatable bonds is 13. The summed E-state index contributed by atoms with van der Waals surface area (Å²) in [5, 5.41) is 16.6.